The van der Waals surface area contributed by atoms with E-state index in [1.807, 2.05) is 12.1 Å². The van der Waals surface area contributed by atoms with Gasteiger partial charge in [0.25, 0.3) is 0 Å². The highest BCUT2D eigenvalue weighted by Gasteiger charge is 2.47. The third-order valence-electron chi connectivity index (χ3n) is 5.10. The van der Waals surface area contributed by atoms with Gasteiger partial charge in [-0.1, -0.05) is 12.1 Å². The molecule has 0 aromatic heterocycles. The van der Waals surface area contributed by atoms with Crippen molar-refractivity contribution in [2.45, 2.75) is 37.5 Å². The lowest BCUT2D eigenvalue weighted by Crippen LogP contribution is -2.47. The second-order valence-corrected chi connectivity index (χ2v) is 6.21. The molecule has 0 radical (unpaired) electrons. The SMILES string of the molecule is COc1ccc(CN2CC3CC2CCC3(O)CN)cc1. The Bertz CT molecular complexity index is 462. The molecule has 20 heavy (non-hydrogen) atoms. The number of nitrogens with two attached hydrogens (primary N) is 1. The largest absolute Gasteiger partial charge is 0.497 e. The second kappa shape index (κ2) is 5.35. The van der Waals surface area contributed by atoms with Crippen LogP contribution in [0.2, 0.25) is 0 Å². The maximum atomic E-state index is 10.6. The number of ether oxygens (including phenoxy) is 1. The number of rotatable bonds is 4. The Kier molecular flexibility index (Phi) is 3.71. The number of fused-ring (bicyclic) bond motifs is 2. The van der Waals surface area contributed by atoms with Crippen LogP contribution in [0.15, 0.2) is 24.3 Å². The minimum Gasteiger partial charge on any atom is -0.497 e. The molecule has 3 atom stereocenters. The van der Waals surface area contributed by atoms with Crippen molar-refractivity contribution in [3.8, 4) is 5.75 Å². The van der Waals surface area contributed by atoms with E-state index in [1.54, 1.807) is 7.11 Å². The van der Waals surface area contributed by atoms with Gasteiger partial charge in [-0.2, -0.15) is 0 Å². The minimum atomic E-state index is -0.634. The van der Waals surface area contributed by atoms with Gasteiger partial charge < -0.3 is 15.6 Å². The summed E-state index contributed by atoms with van der Waals surface area (Å²) in [4.78, 5) is 2.50. The van der Waals surface area contributed by atoms with Gasteiger partial charge in [0, 0.05) is 31.6 Å². The molecule has 4 nitrogen and oxygen atoms in total. The van der Waals surface area contributed by atoms with Gasteiger partial charge >= 0.3 is 0 Å². The van der Waals surface area contributed by atoms with Crippen LogP contribution in [-0.4, -0.2) is 41.8 Å². The van der Waals surface area contributed by atoms with Gasteiger partial charge in [0.05, 0.1) is 12.7 Å². The van der Waals surface area contributed by atoms with Crippen molar-refractivity contribution in [1.29, 1.82) is 0 Å². The Morgan fingerprint density at radius 1 is 1.40 bits per heavy atom. The Morgan fingerprint density at radius 3 is 2.80 bits per heavy atom. The quantitative estimate of drug-likeness (QED) is 0.872. The highest BCUT2D eigenvalue weighted by atomic mass is 16.5. The summed E-state index contributed by atoms with van der Waals surface area (Å²) in [5.74, 6) is 1.23. The van der Waals surface area contributed by atoms with E-state index < -0.39 is 5.60 Å². The van der Waals surface area contributed by atoms with Crippen molar-refractivity contribution in [2.75, 3.05) is 20.2 Å². The fourth-order valence-corrected chi connectivity index (χ4v) is 3.72. The van der Waals surface area contributed by atoms with E-state index in [0.717, 1.165) is 38.1 Å². The number of nitrogens with zero attached hydrogens (tertiary/aromatic N) is 1. The fourth-order valence-electron chi connectivity index (χ4n) is 3.72. The second-order valence-electron chi connectivity index (χ2n) is 6.21. The predicted octanol–water partition coefficient (Wildman–Crippen LogP) is 1.37. The predicted molar refractivity (Wildman–Crippen MR) is 78.5 cm³/mol. The van der Waals surface area contributed by atoms with Crippen LogP contribution in [0.1, 0.15) is 24.8 Å². The Labute approximate surface area is 120 Å². The lowest BCUT2D eigenvalue weighted by molar-refractivity contribution is -0.0246. The highest BCUT2D eigenvalue weighted by molar-refractivity contribution is 5.27. The van der Waals surface area contributed by atoms with Gasteiger partial charge in [-0.25, -0.2) is 0 Å². The van der Waals surface area contributed by atoms with Crippen LogP contribution < -0.4 is 10.5 Å². The number of aliphatic hydroxyl groups is 1. The van der Waals surface area contributed by atoms with Gasteiger partial charge in [-0.05, 0) is 37.0 Å². The van der Waals surface area contributed by atoms with Gasteiger partial charge in [0.2, 0.25) is 0 Å². The van der Waals surface area contributed by atoms with Gasteiger partial charge in [0.1, 0.15) is 5.75 Å². The minimum absolute atomic E-state index is 0.337. The third-order valence-corrected chi connectivity index (χ3v) is 5.10. The molecule has 1 aromatic rings. The van der Waals surface area contributed by atoms with E-state index in [4.69, 9.17) is 10.5 Å². The van der Waals surface area contributed by atoms with Gasteiger partial charge in [-0.3, -0.25) is 4.90 Å². The molecule has 2 aliphatic rings. The van der Waals surface area contributed by atoms with Crippen molar-refractivity contribution in [2.24, 2.45) is 11.7 Å². The summed E-state index contributed by atoms with van der Waals surface area (Å²) in [6, 6.07) is 8.86. The van der Waals surface area contributed by atoms with E-state index in [2.05, 4.69) is 17.0 Å². The van der Waals surface area contributed by atoms with Crippen LogP contribution in [0, 0.1) is 5.92 Å². The normalized spacial score (nSPS) is 33.4. The standard InChI is InChI=1S/C16H24N2O2/c1-20-15-4-2-12(3-5-15)9-18-10-13-8-14(18)6-7-16(13,19)11-17/h2-5,13-14,19H,6-11,17H2,1H3. The zero-order chi connectivity index (χ0) is 14.2. The zero-order valence-corrected chi connectivity index (χ0v) is 12.1. The van der Waals surface area contributed by atoms with Crippen LogP contribution in [-0.2, 0) is 6.54 Å². The number of benzene rings is 1. The molecule has 0 spiro atoms. The summed E-state index contributed by atoms with van der Waals surface area (Å²) in [6.07, 6.45) is 2.99. The molecule has 1 aliphatic carbocycles. The molecule has 3 rings (SSSR count). The monoisotopic (exact) mass is 276 g/mol. The van der Waals surface area contributed by atoms with Crippen LogP contribution in [0.25, 0.3) is 0 Å². The molecular formula is C16H24N2O2. The molecule has 4 heteroatoms. The van der Waals surface area contributed by atoms with Crippen molar-refractivity contribution in [3.05, 3.63) is 29.8 Å². The summed E-state index contributed by atoms with van der Waals surface area (Å²) in [5, 5.41) is 10.6. The van der Waals surface area contributed by atoms with Gasteiger partial charge in [0.15, 0.2) is 0 Å². The molecule has 2 bridgehead atoms. The maximum absolute atomic E-state index is 10.6. The number of likely N-dealkylation sites (tertiary alicyclic amines) is 1. The molecular weight excluding hydrogens is 252 g/mol. The van der Waals surface area contributed by atoms with Crippen LogP contribution in [0.3, 0.4) is 0 Å². The molecule has 1 aliphatic heterocycles. The summed E-state index contributed by atoms with van der Waals surface area (Å²) in [6.45, 7) is 2.30. The van der Waals surface area contributed by atoms with Crippen molar-refractivity contribution in [3.63, 3.8) is 0 Å². The van der Waals surface area contributed by atoms with E-state index in [-0.39, 0.29) is 0 Å². The first-order chi connectivity index (χ1) is 9.64. The molecule has 1 aromatic carbocycles. The van der Waals surface area contributed by atoms with Gasteiger partial charge in [-0.15, -0.1) is 0 Å². The Balaban J connectivity index is 1.67. The molecule has 1 heterocycles. The fraction of sp³-hybridized carbons (Fsp3) is 0.625. The molecule has 1 saturated heterocycles. The molecule has 1 saturated carbocycles. The summed E-state index contributed by atoms with van der Waals surface area (Å²) < 4.78 is 5.19. The van der Waals surface area contributed by atoms with Crippen molar-refractivity contribution in [1.82, 2.24) is 4.90 Å². The van der Waals surface area contributed by atoms with Crippen molar-refractivity contribution < 1.29 is 9.84 Å². The number of hydrogen-bond acceptors (Lipinski definition) is 4. The lowest BCUT2D eigenvalue weighted by Gasteiger charge is -2.36. The summed E-state index contributed by atoms with van der Waals surface area (Å²) >= 11 is 0. The first-order valence-electron chi connectivity index (χ1n) is 7.44. The first kappa shape index (κ1) is 13.9. The first-order valence-corrected chi connectivity index (χ1v) is 7.44. The third kappa shape index (κ3) is 2.43. The number of methoxy groups -OCH3 is 1. The maximum Gasteiger partial charge on any atom is 0.118 e. The average Bonchev–Trinajstić information content (AvgIpc) is 2.84. The molecule has 110 valence electrons. The Hall–Kier alpha value is -1.10. The smallest absolute Gasteiger partial charge is 0.118 e. The van der Waals surface area contributed by atoms with E-state index in [9.17, 15) is 5.11 Å². The molecule has 3 N–H and O–H groups in total. The van der Waals surface area contributed by atoms with Crippen LogP contribution in [0.5, 0.6) is 5.75 Å². The topological polar surface area (TPSA) is 58.7 Å². The number of hydrogen-bond donors (Lipinski definition) is 2. The van der Waals surface area contributed by atoms with E-state index in [1.165, 1.54) is 5.56 Å². The molecule has 3 unspecified atom stereocenters. The zero-order valence-electron chi connectivity index (χ0n) is 12.1. The molecule has 0 amide bonds. The average molecular weight is 276 g/mol. The van der Waals surface area contributed by atoms with Crippen LogP contribution in [0.4, 0.5) is 0 Å². The van der Waals surface area contributed by atoms with Crippen LogP contribution >= 0.6 is 0 Å². The summed E-state index contributed by atoms with van der Waals surface area (Å²) in [7, 11) is 1.69. The van der Waals surface area contributed by atoms with E-state index >= 15 is 0 Å². The van der Waals surface area contributed by atoms with E-state index in [0.29, 0.717) is 18.5 Å². The van der Waals surface area contributed by atoms with Crippen molar-refractivity contribution >= 4 is 0 Å². The summed E-state index contributed by atoms with van der Waals surface area (Å²) in [5.41, 5.74) is 6.44. The lowest BCUT2D eigenvalue weighted by atomic mass is 9.76. The Morgan fingerprint density at radius 2 is 2.15 bits per heavy atom. The highest BCUT2D eigenvalue weighted by Crippen LogP contribution is 2.42. The molecule has 2 fully saturated rings.